The Bertz CT molecular complexity index is 779. The smallest absolute Gasteiger partial charge is 0.0917 e. The molecular weight excluding hydrogens is 312 g/mol. The number of nitrogens with zero attached hydrogens (tertiary/aromatic N) is 2. The molecule has 25 heavy (non-hydrogen) atoms. The topological polar surface area (TPSA) is 53.2 Å². The number of hydrogen-bond acceptors (Lipinski definition) is 4. The van der Waals surface area contributed by atoms with Crippen LogP contribution in [0.2, 0.25) is 0 Å². The van der Waals surface area contributed by atoms with E-state index in [2.05, 4.69) is 47.4 Å². The zero-order valence-corrected chi connectivity index (χ0v) is 15.2. The van der Waals surface area contributed by atoms with Crippen LogP contribution >= 0.6 is 0 Å². The second-order valence-corrected chi connectivity index (χ2v) is 8.33. The van der Waals surface area contributed by atoms with E-state index in [1.165, 1.54) is 30.5 Å². The fourth-order valence-corrected chi connectivity index (χ4v) is 5.10. The van der Waals surface area contributed by atoms with Crippen molar-refractivity contribution in [3.8, 4) is 0 Å². The number of aromatic amines is 1. The summed E-state index contributed by atoms with van der Waals surface area (Å²) in [5, 5.41) is 3.81. The van der Waals surface area contributed by atoms with E-state index < -0.39 is 0 Å². The summed E-state index contributed by atoms with van der Waals surface area (Å²) in [4.78, 5) is 11.3. The molecule has 2 atom stereocenters. The fourth-order valence-electron chi connectivity index (χ4n) is 5.10. The van der Waals surface area contributed by atoms with E-state index in [9.17, 15) is 0 Å². The third-order valence-corrected chi connectivity index (χ3v) is 6.51. The monoisotopic (exact) mass is 340 g/mol. The zero-order valence-electron chi connectivity index (χ0n) is 15.2. The van der Waals surface area contributed by atoms with Gasteiger partial charge in [0.1, 0.15) is 0 Å². The summed E-state index contributed by atoms with van der Waals surface area (Å²) in [6.45, 7) is 8.48. The molecule has 0 radical (unpaired) electrons. The van der Waals surface area contributed by atoms with Crippen molar-refractivity contribution < 1.29 is 4.74 Å². The first-order valence-electron chi connectivity index (χ1n) is 9.73. The first kappa shape index (κ1) is 15.8. The molecule has 5 rings (SSSR count). The molecule has 2 aromatic heterocycles. The maximum Gasteiger partial charge on any atom is 0.0917 e. The Morgan fingerprint density at radius 1 is 1.24 bits per heavy atom. The molecule has 0 saturated carbocycles. The molecule has 3 saturated heterocycles. The molecule has 2 bridgehead atoms. The van der Waals surface area contributed by atoms with Gasteiger partial charge in [0, 0.05) is 44.6 Å². The summed E-state index contributed by atoms with van der Waals surface area (Å²) in [5.74, 6) is 0.487. The molecule has 2 unspecified atom stereocenters. The molecule has 2 aromatic rings. The predicted molar refractivity (Wildman–Crippen MR) is 98.8 cm³/mol. The molecule has 3 aliphatic rings. The van der Waals surface area contributed by atoms with E-state index in [0.717, 1.165) is 37.3 Å². The second kappa shape index (κ2) is 5.79. The van der Waals surface area contributed by atoms with Crippen molar-refractivity contribution in [1.29, 1.82) is 0 Å². The first-order chi connectivity index (χ1) is 12.2. The largest absolute Gasteiger partial charge is 0.381 e. The highest BCUT2D eigenvalue weighted by Gasteiger charge is 2.52. The van der Waals surface area contributed by atoms with E-state index >= 15 is 0 Å². The van der Waals surface area contributed by atoms with Gasteiger partial charge in [-0.2, -0.15) is 0 Å². The lowest BCUT2D eigenvalue weighted by Gasteiger charge is -2.39. The van der Waals surface area contributed by atoms with E-state index in [1.54, 1.807) is 0 Å². The van der Waals surface area contributed by atoms with Crippen molar-refractivity contribution in [3.63, 3.8) is 0 Å². The number of likely N-dealkylation sites (tertiary alicyclic amines) is 1. The molecule has 0 aliphatic carbocycles. The van der Waals surface area contributed by atoms with Crippen LogP contribution in [0.5, 0.6) is 0 Å². The summed E-state index contributed by atoms with van der Waals surface area (Å²) in [6, 6.07) is 5.78. The summed E-state index contributed by atoms with van der Waals surface area (Å²) < 4.78 is 5.57. The van der Waals surface area contributed by atoms with E-state index in [-0.39, 0.29) is 5.54 Å². The summed E-state index contributed by atoms with van der Waals surface area (Å²) in [7, 11) is 0. The van der Waals surface area contributed by atoms with E-state index in [1.807, 2.05) is 0 Å². The summed E-state index contributed by atoms with van der Waals surface area (Å²) in [5.41, 5.74) is 4.87. The molecular formula is C20H28N4O. The lowest BCUT2D eigenvalue weighted by molar-refractivity contribution is 0.0208. The lowest BCUT2D eigenvalue weighted by Crippen LogP contribution is -2.54. The van der Waals surface area contributed by atoms with Crippen LogP contribution in [0.1, 0.15) is 50.3 Å². The lowest BCUT2D eigenvalue weighted by atomic mass is 9.94. The molecule has 0 aromatic carbocycles. The zero-order chi connectivity index (χ0) is 17.0. The Morgan fingerprint density at radius 2 is 2.08 bits per heavy atom. The van der Waals surface area contributed by atoms with Gasteiger partial charge in [-0.05, 0) is 42.9 Å². The Labute approximate surface area is 149 Å². The number of pyridine rings is 1. The van der Waals surface area contributed by atoms with Gasteiger partial charge < -0.3 is 15.0 Å². The third kappa shape index (κ3) is 2.44. The highest BCUT2D eigenvalue weighted by Crippen LogP contribution is 2.42. The number of fused-ring (bicyclic) bond motifs is 3. The predicted octanol–water partition coefficient (Wildman–Crippen LogP) is 2.74. The number of nitrogens with one attached hydrogen (secondary N) is 2. The van der Waals surface area contributed by atoms with Gasteiger partial charge in [-0.3, -0.25) is 4.90 Å². The van der Waals surface area contributed by atoms with Gasteiger partial charge in [0.05, 0.1) is 22.3 Å². The first-order valence-corrected chi connectivity index (χ1v) is 9.73. The second-order valence-electron chi connectivity index (χ2n) is 8.33. The maximum absolute atomic E-state index is 5.57. The summed E-state index contributed by atoms with van der Waals surface area (Å²) in [6.07, 6.45) is 5.66. The summed E-state index contributed by atoms with van der Waals surface area (Å²) >= 11 is 0. The molecule has 5 heterocycles. The number of aromatic nitrogens is 2. The van der Waals surface area contributed by atoms with Gasteiger partial charge >= 0.3 is 0 Å². The van der Waals surface area contributed by atoms with Gasteiger partial charge in [0.25, 0.3) is 0 Å². The van der Waals surface area contributed by atoms with Crippen LogP contribution in [0.3, 0.4) is 0 Å². The quantitative estimate of drug-likeness (QED) is 0.902. The van der Waals surface area contributed by atoms with Crippen LogP contribution in [-0.2, 0) is 10.3 Å². The van der Waals surface area contributed by atoms with Gasteiger partial charge in [-0.25, -0.2) is 4.98 Å². The van der Waals surface area contributed by atoms with Gasteiger partial charge in [-0.15, -0.1) is 0 Å². The van der Waals surface area contributed by atoms with Crippen molar-refractivity contribution in [2.75, 3.05) is 26.3 Å². The van der Waals surface area contributed by atoms with Crippen LogP contribution in [0.15, 0.2) is 18.3 Å². The molecule has 2 N–H and O–H groups in total. The minimum absolute atomic E-state index is 0.0304. The Morgan fingerprint density at radius 3 is 2.88 bits per heavy atom. The number of hydrogen-bond donors (Lipinski definition) is 2. The van der Waals surface area contributed by atoms with Crippen molar-refractivity contribution in [1.82, 2.24) is 20.2 Å². The highest BCUT2D eigenvalue weighted by molar-refractivity contribution is 5.79. The number of ether oxygens (including phenoxy) is 1. The Kier molecular flexibility index (Phi) is 3.66. The van der Waals surface area contributed by atoms with Crippen molar-refractivity contribution in [2.45, 2.75) is 56.7 Å². The SMILES string of the molecule is CC(C)c1c[nH]c2ccc(C34CC(CN3)N(C3CCOCC3)C4)nc12. The highest BCUT2D eigenvalue weighted by atomic mass is 16.5. The average molecular weight is 340 g/mol. The minimum atomic E-state index is 0.0304. The van der Waals surface area contributed by atoms with Crippen LogP contribution in [0, 0.1) is 0 Å². The van der Waals surface area contributed by atoms with Crippen molar-refractivity contribution in [3.05, 3.63) is 29.6 Å². The van der Waals surface area contributed by atoms with Crippen LogP contribution in [0.4, 0.5) is 0 Å². The Hall–Kier alpha value is -1.43. The van der Waals surface area contributed by atoms with Gasteiger partial charge in [0.15, 0.2) is 0 Å². The van der Waals surface area contributed by atoms with Crippen LogP contribution in [0.25, 0.3) is 11.0 Å². The standard InChI is InChI=1S/C20H28N4O/c1-13(2)16-11-21-17-3-4-18(23-19(16)17)20-9-15(10-22-20)24(12-20)14-5-7-25-8-6-14/h3-4,11,13-15,21-22H,5-10,12H2,1-2H3. The average Bonchev–Trinajstić information content (AvgIpc) is 3.35. The minimum Gasteiger partial charge on any atom is -0.381 e. The van der Waals surface area contributed by atoms with Gasteiger partial charge in [-0.1, -0.05) is 13.8 Å². The van der Waals surface area contributed by atoms with Crippen LogP contribution < -0.4 is 5.32 Å². The molecule has 5 nitrogen and oxygen atoms in total. The molecule has 3 aliphatic heterocycles. The molecule has 5 heteroatoms. The molecule has 134 valence electrons. The van der Waals surface area contributed by atoms with Crippen LogP contribution in [-0.4, -0.2) is 53.3 Å². The third-order valence-electron chi connectivity index (χ3n) is 6.51. The van der Waals surface area contributed by atoms with Crippen molar-refractivity contribution in [2.24, 2.45) is 0 Å². The van der Waals surface area contributed by atoms with E-state index in [4.69, 9.17) is 9.72 Å². The molecule has 0 spiro atoms. The fraction of sp³-hybridized carbons (Fsp3) is 0.650. The van der Waals surface area contributed by atoms with Gasteiger partial charge in [0.2, 0.25) is 0 Å². The Balaban J connectivity index is 1.48. The maximum atomic E-state index is 5.57. The number of rotatable bonds is 3. The molecule has 3 fully saturated rings. The normalized spacial score (nSPS) is 30.8. The van der Waals surface area contributed by atoms with E-state index in [0.29, 0.717) is 18.0 Å². The number of piperazine rings is 1. The molecule has 0 amide bonds. The number of H-pyrrole nitrogens is 1. The van der Waals surface area contributed by atoms with Crippen molar-refractivity contribution >= 4 is 11.0 Å².